The van der Waals surface area contributed by atoms with E-state index in [0.717, 1.165) is 0 Å². The Balaban J connectivity index is 2.30. The van der Waals surface area contributed by atoms with Crippen LogP contribution in [-0.2, 0) is 5.91 Å². The van der Waals surface area contributed by atoms with E-state index in [0.29, 0.717) is 15.9 Å². The molecule has 1 N–H and O–H groups in total. The molecule has 0 radical (unpaired) electrons. The third-order valence-electron chi connectivity index (χ3n) is 2.61. The molecule has 0 saturated heterocycles. The summed E-state index contributed by atoms with van der Waals surface area (Å²) in [6.07, 6.45) is 0. The monoisotopic (exact) mass is 321 g/mol. The molecule has 0 bridgehead atoms. The van der Waals surface area contributed by atoms with Gasteiger partial charge in [-0.3, -0.25) is 0 Å². The average molecular weight is 322 g/mol. The van der Waals surface area contributed by atoms with Crippen molar-refractivity contribution in [3.05, 3.63) is 58.6 Å². The highest BCUT2D eigenvalue weighted by atomic mass is 79.9. The maximum Gasteiger partial charge on any atom is 0.141 e. The van der Waals surface area contributed by atoms with Gasteiger partial charge in [-0.2, -0.15) is 0 Å². The lowest BCUT2D eigenvalue weighted by Crippen LogP contribution is -2.59. The zero-order chi connectivity index (χ0) is 13.9. The second kappa shape index (κ2) is 5.61. The van der Waals surface area contributed by atoms with Crippen molar-refractivity contribution < 1.29 is 14.9 Å². The first-order valence-corrected chi connectivity index (χ1v) is 6.40. The van der Waals surface area contributed by atoms with E-state index in [1.165, 1.54) is 19.2 Å². The number of anilines is 1. The fourth-order valence-electron chi connectivity index (χ4n) is 1.69. The highest BCUT2D eigenvalue weighted by molar-refractivity contribution is 9.10. The van der Waals surface area contributed by atoms with Crippen molar-refractivity contribution in [2.75, 3.05) is 12.4 Å². The first-order valence-electron chi connectivity index (χ1n) is 5.61. The van der Waals surface area contributed by atoms with E-state index in [-0.39, 0.29) is 5.56 Å². The molecular formula is C14H12BrNO3-2. The summed E-state index contributed by atoms with van der Waals surface area (Å²) in [6.45, 7) is 0. The van der Waals surface area contributed by atoms with Crippen molar-refractivity contribution in [3.63, 3.8) is 0 Å². The molecule has 0 spiro atoms. The molecule has 4 nitrogen and oxygen atoms in total. The van der Waals surface area contributed by atoms with Crippen LogP contribution in [0.4, 0.5) is 5.69 Å². The molecule has 2 rings (SSSR count). The summed E-state index contributed by atoms with van der Waals surface area (Å²) < 4.78 is 5.78. The smallest absolute Gasteiger partial charge is 0.141 e. The van der Waals surface area contributed by atoms with Gasteiger partial charge in [-0.1, -0.05) is 45.8 Å². The number of rotatable bonds is 4. The minimum absolute atomic E-state index is 0.104. The van der Waals surface area contributed by atoms with Gasteiger partial charge < -0.3 is 20.3 Å². The van der Waals surface area contributed by atoms with Crippen molar-refractivity contribution in [2.24, 2.45) is 0 Å². The fraction of sp³-hybridized carbons (Fsp3) is 0.143. The molecule has 0 aliphatic heterocycles. The van der Waals surface area contributed by atoms with Crippen LogP contribution in [0.15, 0.2) is 53.0 Å². The quantitative estimate of drug-likeness (QED) is 0.864. The van der Waals surface area contributed by atoms with E-state index in [1.807, 2.05) is 0 Å². The molecule has 0 fully saturated rings. The SMILES string of the molecule is COc1ccccc1NC([O-])([O-])c1cccc(Br)c1. The molecule has 5 heteroatoms. The minimum atomic E-state index is -2.68. The molecule has 2 aromatic carbocycles. The third kappa shape index (κ3) is 3.26. The number of halogens is 1. The Kier molecular flexibility index (Phi) is 4.09. The molecule has 2 aromatic rings. The summed E-state index contributed by atoms with van der Waals surface area (Å²) in [5.41, 5.74) is 0.475. The Morgan fingerprint density at radius 2 is 1.84 bits per heavy atom. The normalized spacial score (nSPS) is 11.2. The van der Waals surface area contributed by atoms with E-state index in [9.17, 15) is 10.2 Å². The van der Waals surface area contributed by atoms with E-state index in [1.54, 1.807) is 36.4 Å². The first kappa shape index (κ1) is 13.9. The Bertz CT molecular complexity index is 572. The highest BCUT2D eigenvalue weighted by Crippen LogP contribution is 2.27. The number of methoxy groups -OCH3 is 1. The summed E-state index contributed by atoms with van der Waals surface area (Å²) in [4.78, 5) is 0. The maximum atomic E-state index is 12.2. The van der Waals surface area contributed by atoms with Gasteiger partial charge in [0.1, 0.15) is 5.75 Å². The Hall–Kier alpha value is -1.56. The Morgan fingerprint density at radius 1 is 1.11 bits per heavy atom. The van der Waals surface area contributed by atoms with Gasteiger partial charge in [-0.25, -0.2) is 0 Å². The summed E-state index contributed by atoms with van der Waals surface area (Å²) >= 11 is 3.24. The summed E-state index contributed by atoms with van der Waals surface area (Å²) in [6, 6.07) is 13.2. The first-order chi connectivity index (χ1) is 9.03. The number of para-hydroxylation sites is 2. The number of nitrogens with one attached hydrogen (secondary N) is 1. The van der Waals surface area contributed by atoms with Crippen LogP contribution in [0.3, 0.4) is 0 Å². The van der Waals surface area contributed by atoms with Crippen molar-refractivity contribution in [1.29, 1.82) is 0 Å². The molecule has 0 atom stereocenters. The third-order valence-corrected chi connectivity index (χ3v) is 3.10. The lowest BCUT2D eigenvalue weighted by molar-refractivity contribution is -0.724. The van der Waals surface area contributed by atoms with Gasteiger partial charge in [0.2, 0.25) is 0 Å². The van der Waals surface area contributed by atoms with Gasteiger partial charge in [0.15, 0.2) is 0 Å². The summed E-state index contributed by atoms with van der Waals surface area (Å²) in [5.74, 6) is -2.23. The second-order valence-electron chi connectivity index (χ2n) is 3.95. The topological polar surface area (TPSA) is 67.4 Å². The van der Waals surface area contributed by atoms with Gasteiger partial charge in [-0.15, -0.1) is 5.91 Å². The van der Waals surface area contributed by atoms with Crippen LogP contribution in [0.25, 0.3) is 0 Å². The molecule has 0 heterocycles. The molecule has 0 saturated carbocycles. The molecule has 0 aliphatic rings. The number of hydrogen-bond acceptors (Lipinski definition) is 4. The van der Waals surface area contributed by atoms with E-state index in [2.05, 4.69) is 21.2 Å². The second-order valence-corrected chi connectivity index (χ2v) is 4.87. The lowest BCUT2D eigenvalue weighted by Gasteiger charge is -2.50. The van der Waals surface area contributed by atoms with Gasteiger partial charge >= 0.3 is 0 Å². The minimum Gasteiger partial charge on any atom is -0.844 e. The average Bonchev–Trinajstić information content (AvgIpc) is 2.39. The van der Waals surface area contributed by atoms with Crippen molar-refractivity contribution >= 4 is 21.6 Å². The van der Waals surface area contributed by atoms with Crippen LogP contribution in [-0.4, -0.2) is 7.11 Å². The van der Waals surface area contributed by atoms with Crippen LogP contribution in [0.1, 0.15) is 5.56 Å². The zero-order valence-electron chi connectivity index (χ0n) is 10.2. The van der Waals surface area contributed by atoms with Gasteiger partial charge in [0, 0.05) is 4.47 Å². The van der Waals surface area contributed by atoms with Gasteiger partial charge in [0.25, 0.3) is 0 Å². The van der Waals surface area contributed by atoms with Crippen LogP contribution >= 0.6 is 15.9 Å². The predicted octanol–water partition coefficient (Wildman–Crippen LogP) is 1.40. The molecule has 0 aliphatic carbocycles. The zero-order valence-corrected chi connectivity index (χ0v) is 11.8. The van der Waals surface area contributed by atoms with Crippen molar-refractivity contribution in [2.45, 2.75) is 5.91 Å². The number of benzene rings is 2. The van der Waals surface area contributed by atoms with Crippen LogP contribution < -0.4 is 20.3 Å². The van der Waals surface area contributed by atoms with Crippen LogP contribution in [0.5, 0.6) is 5.75 Å². The number of ether oxygens (including phenoxy) is 1. The van der Waals surface area contributed by atoms with Crippen molar-refractivity contribution in [1.82, 2.24) is 0 Å². The Labute approximate surface area is 119 Å². The van der Waals surface area contributed by atoms with Gasteiger partial charge in [-0.05, 0) is 24.3 Å². The summed E-state index contributed by atoms with van der Waals surface area (Å²) in [7, 11) is 1.48. The largest absolute Gasteiger partial charge is 0.844 e. The molecule has 0 amide bonds. The van der Waals surface area contributed by atoms with Crippen LogP contribution in [0, 0.1) is 0 Å². The highest BCUT2D eigenvalue weighted by Gasteiger charge is 2.09. The predicted molar refractivity (Wildman–Crippen MR) is 72.4 cm³/mol. The summed E-state index contributed by atoms with van der Waals surface area (Å²) in [5, 5.41) is 26.7. The number of hydrogen-bond donors (Lipinski definition) is 1. The Morgan fingerprint density at radius 3 is 2.53 bits per heavy atom. The molecule has 100 valence electrons. The maximum absolute atomic E-state index is 12.2. The standard InChI is InChI=1S/C14H12BrNO3/c1-19-13-8-3-2-7-12(13)16-14(17,18)10-5-4-6-11(15)9-10/h2-9,16H,1H3/q-2. The van der Waals surface area contributed by atoms with E-state index >= 15 is 0 Å². The molecule has 0 unspecified atom stereocenters. The molecular weight excluding hydrogens is 310 g/mol. The fourth-order valence-corrected chi connectivity index (χ4v) is 2.09. The lowest BCUT2D eigenvalue weighted by atomic mass is 10.1. The van der Waals surface area contributed by atoms with E-state index in [4.69, 9.17) is 4.74 Å². The van der Waals surface area contributed by atoms with Gasteiger partial charge in [0.05, 0.1) is 12.8 Å². The van der Waals surface area contributed by atoms with Crippen molar-refractivity contribution in [3.8, 4) is 5.75 Å². The molecule has 19 heavy (non-hydrogen) atoms. The molecule has 0 aromatic heterocycles. The van der Waals surface area contributed by atoms with E-state index < -0.39 is 5.91 Å². The van der Waals surface area contributed by atoms with Crippen LogP contribution in [0.2, 0.25) is 0 Å².